The normalized spacial score (nSPS) is 12.6. The van der Waals surface area contributed by atoms with Gasteiger partial charge in [0.05, 0.1) is 6.54 Å². The van der Waals surface area contributed by atoms with Crippen molar-refractivity contribution in [3.63, 3.8) is 0 Å². The van der Waals surface area contributed by atoms with E-state index in [0.717, 1.165) is 22.7 Å². The second-order valence-electron chi connectivity index (χ2n) is 5.58. The van der Waals surface area contributed by atoms with Crippen molar-refractivity contribution in [2.45, 2.75) is 13.8 Å². The van der Waals surface area contributed by atoms with Crippen molar-refractivity contribution in [2.24, 2.45) is 0 Å². The Labute approximate surface area is 135 Å². The topological polar surface area (TPSA) is 59.6 Å². The smallest absolute Gasteiger partial charge is 0.243 e. The van der Waals surface area contributed by atoms with Gasteiger partial charge in [-0.25, -0.2) is 0 Å². The molecule has 0 atom stereocenters. The number of hydrogen-bond acceptors (Lipinski definition) is 4. The van der Waals surface area contributed by atoms with Crippen LogP contribution in [0.15, 0.2) is 36.4 Å². The Morgan fingerprint density at radius 2 is 1.83 bits per heavy atom. The molecule has 3 rings (SSSR count). The maximum Gasteiger partial charge on any atom is 0.243 e. The molecule has 5 nitrogen and oxygen atoms in total. The molecule has 0 aromatic heterocycles. The van der Waals surface area contributed by atoms with Gasteiger partial charge in [-0.1, -0.05) is 17.7 Å². The molecular formula is C18H20N2O3. The molecule has 1 heterocycles. The maximum absolute atomic E-state index is 12.1. The van der Waals surface area contributed by atoms with Gasteiger partial charge in [0.25, 0.3) is 0 Å². The molecule has 2 N–H and O–H groups in total. The molecule has 120 valence electrons. The third-order valence-corrected chi connectivity index (χ3v) is 3.65. The number of fused-ring (bicyclic) bond motifs is 1. The highest BCUT2D eigenvalue weighted by Gasteiger charge is 2.12. The molecule has 0 saturated heterocycles. The number of carbonyl (C=O) groups is 1. The van der Waals surface area contributed by atoms with Crippen molar-refractivity contribution in [2.75, 3.05) is 30.4 Å². The number of rotatable bonds is 4. The van der Waals surface area contributed by atoms with Gasteiger partial charge in [-0.05, 0) is 37.6 Å². The highest BCUT2D eigenvalue weighted by atomic mass is 16.6. The lowest BCUT2D eigenvalue weighted by Gasteiger charge is -2.19. The van der Waals surface area contributed by atoms with Gasteiger partial charge < -0.3 is 20.1 Å². The second-order valence-corrected chi connectivity index (χ2v) is 5.58. The highest BCUT2D eigenvalue weighted by molar-refractivity contribution is 5.94. The van der Waals surface area contributed by atoms with Gasteiger partial charge in [0.15, 0.2) is 11.5 Å². The number of hydrogen-bond donors (Lipinski definition) is 2. The molecule has 0 bridgehead atoms. The first-order valence-corrected chi connectivity index (χ1v) is 7.62. The van der Waals surface area contributed by atoms with Crippen LogP contribution in [-0.4, -0.2) is 25.7 Å². The Balaban J connectivity index is 1.58. The van der Waals surface area contributed by atoms with Crippen LogP contribution in [0.5, 0.6) is 11.5 Å². The fourth-order valence-electron chi connectivity index (χ4n) is 2.48. The first-order chi connectivity index (χ1) is 11.1. The van der Waals surface area contributed by atoms with E-state index in [1.807, 2.05) is 50.2 Å². The van der Waals surface area contributed by atoms with Gasteiger partial charge in [-0.2, -0.15) is 0 Å². The summed E-state index contributed by atoms with van der Waals surface area (Å²) in [4.78, 5) is 12.1. The lowest BCUT2D eigenvalue weighted by Crippen LogP contribution is -2.22. The number of amides is 1. The van der Waals surface area contributed by atoms with E-state index in [0.29, 0.717) is 19.0 Å². The molecule has 1 aliphatic rings. The fourth-order valence-corrected chi connectivity index (χ4v) is 2.48. The second kappa shape index (κ2) is 6.60. The van der Waals surface area contributed by atoms with Gasteiger partial charge in [0.1, 0.15) is 13.2 Å². The average molecular weight is 312 g/mol. The minimum Gasteiger partial charge on any atom is -0.486 e. The predicted octanol–water partition coefficient (Wildman–Crippen LogP) is 3.13. The zero-order valence-electron chi connectivity index (χ0n) is 13.3. The van der Waals surface area contributed by atoms with Crippen molar-refractivity contribution in [1.29, 1.82) is 0 Å². The number of ether oxygens (including phenoxy) is 2. The minimum absolute atomic E-state index is 0.0909. The summed E-state index contributed by atoms with van der Waals surface area (Å²) in [5.74, 6) is 1.35. The average Bonchev–Trinajstić information content (AvgIpc) is 2.55. The van der Waals surface area contributed by atoms with Crippen LogP contribution in [0.3, 0.4) is 0 Å². The number of nitrogens with one attached hydrogen (secondary N) is 2. The first kappa shape index (κ1) is 15.2. The number of benzene rings is 2. The van der Waals surface area contributed by atoms with Crippen molar-refractivity contribution in [3.05, 3.63) is 47.5 Å². The highest BCUT2D eigenvalue weighted by Crippen LogP contribution is 2.32. The molecule has 0 fully saturated rings. The van der Waals surface area contributed by atoms with E-state index in [4.69, 9.17) is 9.47 Å². The van der Waals surface area contributed by atoms with E-state index < -0.39 is 0 Å². The SMILES string of the molecule is Cc1ccc(NC(=O)CNc2ccc3c(c2)OCCO3)c(C)c1. The molecule has 0 spiro atoms. The summed E-state index contributed by atoms with van der Waals surface area (Å²) in [5.41, 5.74) is 3.89. The van der Waals surface area contributed by atoms with Crippen LogP contribution in [0, 0.1) is 13.8 Å². The third-order valence-electron chi connectivity index (χ3n) is 3.65. The molecule has 0 unspecified atom stereocenters. The summed E-state index contributed by atoms with van der Waals surface area (Å²) >= 11 is 0. The summed E-state index contributed by atoms with van der Waals surface area (Å²) in [6, 6.07) is 11.5. The third kappa shape index (κ3) is 3.74. The Hall–Kier alpha value is -2.69. The molecule has 1 aliphatic heterocycles. The van der Waals surface area contributed by atoms with Crippen molar-refractivity contribution in [1.82, 2.24) is 0 Å². The standard InChI is InChI=1S/C18H20N2O3/c1-12-3-5-15(13(2)9-12)20-18(21)11-19-14-4-6-16-17(10-14)23-8-7-22-16/h3-6,9-10,19H,7-8,11H2,1-2H3,(H,20,21). The van der Waals surface area contributed by atoms with Gasteiger partial charge in [0, 0.05) is 17.4 Å². The quantitative estimate of drug-likeness (QED) is 0.910. The molecule has 5 heteroatoms. The summed E-state index contributed by atoms with van der Waals surface area (Å²) < 4.78 is 11.0. The Bertz CT molecular complexity index is 728. The van der Waals surface area contributed by atoms with Crippen LogP contribution >= 0.6 is 0 Å². The van der Waals surface area contributed by atoms with Crippen LogP contribution in [0.2, 0.25) is 0 Å². The molecule has 1 amide bonds. The number of carbonyl (C=O) groups excluding carboxylic acids is 1. The van der Waals surface area contributed by atoms with E-state index in [2.05, 4.69) is 10.6 Å². The van der Waals surface area contributed by atoms with Gasteiger partial charge >= 0.3 is 0 Å². The zero-order valence-corrected chi connectivity index (χ0v) is 13.3. The Kier molecular flexibility index (Phi) is 4.37. The lowest BCUT2D eigenvalue weighted by molar-refractivity contribution is -0.114. The van der Waals surface area contributed by atoms with Crippen LogP contribution in [-0.2, 0) is 4.79 Å². The monoisotopic (exact) mass is 312 g/mol. The van der Waals surface area contributed by atoms with Crippen molar-refractivity contribution in [3.8, 4) is 11.5 Å². The first-order valence-electron chi connectivity index (χ1n) is 7.62. The zero-order chi connectivity index (χ0) is 16.2. The maximum atomic E-state index is 12.1. The van der Waals surface area contributed by atoms with E-state index in [-0.39, 0.29) is 12.5 Å². The molecule has 0 saturated carbocycles. The predicted molar refractivity (Wildman–Crippen MR) is 90.5 cm³/mol. The molecule has 0 aliphatic carbocycles. The van der Waals surface area contributed by atoms with Crippen LogP contribution < -0.4 is 20.1 Å². The molecule has 0 radical (unpaired) electrons. The van der Waals surface area contributed by atoms with Gasteiger partial charge in [-0.3, -0.25) is 4.79 Å². The number of aryl methyl sites for hydroxylation is 2. The van der Waals surface area contributed by atoms with Gasteiger partial charge in [0.2, 0.25) is 5.91 Å². The fraction of sp³-hybridized carbons (Fsp3) is 0.278. The van der Waals surface area contributed by atoms with Crippen LogP contribution in [0.1, 0.15) is 11.1 Å². The number of anilines is 2. The Morgan fingerprint density at radius 1 is 1.04 bits per heavy atom. The summed E-state index contributed by atoms with van der Waals surface area (Å²) in [6.07, 6.45) is 0. The van der Waals surface area contributed by atoms with Crippen molar-refractivity contribution >= 4 is 17.3 Å². The summed E-state index contributed by atoms with van der Waals surface area (Å²) in [5, 5.41) is 6.01. The van der Waals surface area contributed by atoms with Gasteiger partial charge in [-0.15, -0.1) is 0 Å². The van der Waals surface area contributed by atoms with E-state index in [1.165, 1.54) is 5.56 Å². The largest absolute Gasteiger partial charge is 0.486 e. The molecule has 2 aromatic carbocycles. The van der Waals surface area contributed by atoms with E-state index in [9.17, 15) is 4.79 Å². The summed E-state index contributed by atoms with van der Waals surface area (Å²) in [6.45, 7) is 5.31. The summed E-state index contributed by atoms with van der Waals surface area (Å²) in [7, 11) is 0. The van der Waals surface area contributed by atoms with E-state index >= 15 is 0 Å². The Morgan fingerprint density at radius 3 is 2.61 bits per heavy atom. The lowest BCUT2D eigenvalue weighted by atomic mass is 10.1. The molecule has 2 aromatic rings. The molecule has 23 heavy (non-hydrogen) atoms. The molecular weight excluding hydrogens is 292 g/mol. The van der Waals surface area contributed by atoms with Crippen LogP contribution in [0.4, 0.5) is 11.4 Å². The van der Waals surface area contributed by atoms with Crippen LogP contribution in [0.25, 0.3) is 0 Å². The minimum atomic E-state index is -0.0909. The van der Waals surface area contributed by atoms with E-state index in [1.54, 1.807) is 0 Å². The van der Waals surface area contributed by atoms with Crippen molar-refractivity contribution < 1.29 is 14.3 Å².